The summed E-state index contributed by atoms with van der Waals surface area (Å²) in [5, 5.41) is 7.16. The van der Waals surface area contributed by atoms with Crippen LogP contribution in [0.5, 0.6) is 0 Å². The third-order valence-electron chi connectivity index (χ3n) is 2.57. The highest BCUT2D eigenvalue weighted by molar-refractivity contribution is 5.85. The van der Waals surface area contributed by atoms with E-state index in [1.54, 1.807) is 12.3 Å². The van der Waals surface area contributed by atoms with Crippen molar-refractivity contribution in [2.75, 3.05) is 6.67 Å². The molecule has 0 aliphatic heterocycles. The summed E-state index contributed by atoms with van der Waals surface area (Å²) in [5.74, 6) is -1.19. The van der Waals surface area contributed by atoms with Gasteiger partial charge in [0.1, 0.15) is 18.3 Å². The number of aryl methyl sites for hydroxylation is 1. The smallest absolute Gasteiger partial charge is 0.126 e. The first-order valence-corrected chi connectivity index (χ1v) is 5.91. The number of hydrogen-bond donors (Lipinski definition) is 1. The average molecular weight is 306 g/mol. The number of aromatic nitrogens is 2. The molecule has 7 heteroatoms. The molecule has 0 amide bonds. The van der Waals surface area contributed by atoms with Crippen molar-refractivity contribution in [3.8, 4) is 0 Å². The molecule has 0 aliphatic carbocycles. The fourth-order valence-electron chi connectivity index (χ4n) is 1.76. The van der Waals surface area contributed by atoms with E-state index in [1.807, 2.05) is 0 Å². The van der Waals surface area contributed by atoms with Gasteiger partial charge in [0, 0.05) is 25.4 Å². The topological polar surface area (TPSA) is 29.9 Å². The quantitative estimate of drug-likeness (QED) is 0.889. The molecule has 0 spiro atoms. The van der Waals surface area contributed by atoms with E-state index in [9.17, 15) is 13.2 Å². The fraction of sp³-hybridized carbons (Fsp3) is 0.308. The van der Waals surface area contributed by atoms with Crippen molar-refractivity contribution in [1.82, 2.24) is 15.1 Å². The van der Waals surface area contributed by atoms with Gasteiger partial charge in [-0.25, -0.2) is 13.2 Å². The summed E-state index contributed by atoms with van der Waals surface area (Å²) in [6.07, 6.45) is 1.69. The molecule has 0 unspecified atom stereocenters. The molecule has 2 aromatic rings. The Morgan fingerprint density at radius 1 is 1.10 bits per heavy atom. The summed E-state index contributed by atoms with van der Waals surface area (Å²) in [6, 6.07) is 5.16. The maximum absolute atomic E-state index is 12.9. The van der Waals surface area contributed by atoms with Crippen LogP contribution in [0.15, 0.2) is 30.5 Å². The van der Waals surface area contributed by atoms with Gasteiger partial charge in [0.05, 0.1) is 12.2 Å². The van der Waals surface area contributed by atoms with Crippen LogP contribution in [-0.4, -0.2) is 16.5 Å². The average Bonchev–Trinajstić information content (AvgIpc) is 2.76. The van der Waals surface area contributed by atoms with Gasteiger partial charge < -0.3 is 5.32 Å². The normalized spacial score (nSPS) is 10.3. The zero-order chi connectivity index (χ0) is 13.7. The van der Waals surface area contributed by atoms with Crippen LogP contribution in [0.2, 0.25) is 0 Å². The molecule has 2 rings (SSSR count). The molecule has 1 aromatic heterocycles. The van der Waals surface area contributed by atoms with E-state index < -0.39 is 18.3 Å². The Morgan fingerprint density at radius 3 is 2.45 bits per heavy atom. The van der Waals surface area contributed by atoms with E-state index in [1.165, 1.54) is 16.8 Å². The van der Waals surface area contributed by atoms with Gasteiger partial charge >= 0.3 is 0 Å². The molecule has 1 aromatic carbocycles. The first kappa shape index (κ1) is 16.5. The molecule has 0 saturated heterocycles. The summed E-state index contributed by atoms with van der Waals surface area (Å²) in [7, 11) is 0. The Labute approximate surface area is 121 Å². The molecule has 0 fully saturated rings. The van der Waals surface area contributed by atoms with E-state index in [0.29, 0.717) is 18.7 Å². The van der Waals surface area contributed by atoms with Crippen molar-refractivity contribution in [3.63, 3.8) is 0 Å². The Bertz CT molecular complexity index is 525. The molecule has 110 valence electrons. The number of halogens is 4. The van der Waals surface area contributed by atoms with Crippen LogP contribution in [0.4, 0.5) is 13.2 Å². The highest BCUT2D eigenvalue weighted by atomic mass is 35.5. The predicted octanol–water partition coefficient (Wildman–Crippen LogP) is 2.84. The van der Waals surface area contributed by atoms with Gasteiger partial charge in [0.2, 0.25) is 0 Å². The summed E-state index contributed by atoms with van der Waals surface area (Å²) >= 11 is 0. The second-order valence-electron chi connectivity index (χ2n) is 4.14. The molecule has 20 heavy (non-hydrogen) atoms. The Morgan fingerprint density at radius 2 is 1.80 bits per heavy atom. The third kappa shape index (κ3) is 4.86. The SMILES string of the molecule is Cl.FCCn1ccc(CNCc2cc(F)cc(F)c2)n1. The molecular weight excluding hydrogens is 291 g/mol. The Hall–Kier alpha value is -1.53. The van der Waals surface area contributed by atoms with Gasteiger partial charge in [0.15, 0.2) is 0 Å². The summed E-state index contributed by atoms with van der Waals surface area (Å²) in [5.41, 5.74) is 1.28. The van der Waals surface area contributed by atoms with Crippen molar-refractivity contribution < 1.29 is 13.2 Å². The molecular formula is C13H15ClF3N3. The van der Waals surface area contributed by atoms with Crippen LogP contribution >= 0.6 is 12.4 Å². The maximum Gasteiger partial charge on any atom is 0.126 e. The van der Waals surface area contributed by atoms with E-state index >= 15 is 0 Å². The van der Waals surface area contributed by atoms with Crippen molar-refractivity contribution >= 4 is 12.4 Å². The fourth-order valence-corrected chi connectivity index (χ4v) is 1.76. The highest BCUT2D eigenvalue weighted by Gasteiger charge is 2.02. The Kier molecular flexibility index (Phi) is 6.54. The number of hydrogen-bond acceptors (Lipinski definition) is 2. The second-order valence-corrected chi connectivity index (χ2v) is 4.14. The van der Waals surface area contributed by atoms with Gasteiger partial charge in [-0.3, -0.25) is 4.68 Å². The molecule has 1 heterocycles. The minimum atomic E-state index is -0.593. The monoisotopic (exact) mass is 305 g/mol. The van der Waals surface area contributed by atoms with Crippen LogP contribution in [0, 0.1) is 11.6 Å². The van der Waals surface area contributed by atoms with Crippen LogP contribution in [0.1, 0.15) is 11.3 Å². The Balaban J connectivity index is 0.00000200. The predicted molar refractivity (Wildman–Crippen MR) is 72.4 cm³/mol. The van der Waals surface area contributed by atoms with Gasteiger partial charge in [0.25, 0.3) is 0 Å². The zero-order valence-corrected chi connectivity index (χ0v) is 11.5. The highest BCUT2D eigenvalue weighted by Crippen LogP contribution is 2.07. The molecule has 0 aliphatic rings. The van der Waals surface area contributed by atoms with E-state index in [0.717, 1.165) is 11.8 Å². The van der Waals surface area contributed by atoms with Gasteiger partial charge in [-0.15, -0.1) is 12.4 Å². The van der Waals surface area contributed by atoms with E-state index in [4.69, 9.17) is 0 Å². The largest absolute Gasteiger partial charge is 0.307 e. The molecule has 0 saturated carbocycles. The number of nitrogens with zero attached hydrogens (tertiary/aromatic N) is 2. The second kappa shape index (κ2) is 7.91. The van der Waals surface area contributed by atoms with Crippen LogP contribution in [0.3, 0.4) is 0 Å². The maximum atomic E-state index is 12.9. The molecule has 0 bridgehead atoms. The summed E-state index contributed by atoms with van der Waals surface area (Å²) < 4.78 is 39.5. The van der Waals surface area contributed by atoms with E-state index in [-0.39, 0.29) is 19.0 Å². The van der Waals surface area contributed by atoms with Gasteiger partial charge in [-0.2, -0.15) is 5.10 Å². The van der Waals surface area contributed by atoms with Crippen molar-refractivity contribution in [3.05, 3.63) is 53.4 Å². The van der Waals surface area contributed by atoms with Crippen molar-refractivity contribution in [1.29, 1.82) is 0 Å². The number of nitrogens with one attached hydrogen (secondary N) is 1. The summed E-state index contributed by atoms with van der Waals surface area (Å²) in [6.45, 7) is 0.564. The first-order valence-electron chi connectivity index (χ1n) is 5.91. The third-order valence-corrected chi connectivity index (χ3v) is 2.57. The summed E-state index contributed by atoms with van der Waals surface area (Å²) in [4.78, 5) is 0. The van der Waals surface area contributed by atoms with Gasteiger partial charge in [-0.1, -0.05) is 0 Å². The standard InChI is InChI=1S/C13H14F3N3.ClH/c14-2-4-19-3-1-13(18-19)9-17-8-10-5-11(15)7-12(16)6-10;/h1,3,5-7,17H,2,4,8-9H2;1H. The lowest BCUT2D eigenvalue weighted by Crippen LogP contribution is -2.14. The lowest BCUT2D eigenvalue weighted by Gasteiger charge is -2.04. The lowest BCUT2D eigenvalue weighted by atomic mass is 10.2. The van der Waals surface area contributed by atoms with Crippen molar-refractivity contribution in [2.45, 2.75) is 19.6 Å². The minimum absolute atomic E-state index is 0. The first-order chi connectivity index (χ1) is 9.17. The minimum Gasteiger partial charge on any atom is -0.307 e. The molecule has 0 atom stereocenters. The van der Waals surface area contributed by atoms with Crippen molar-refractivity contribution in [2.24, 2.45) is 0 Å². The molecule has 0 radical (unpaired) electrons. The lowest BCUT2D eigenvalue weighted by molar-refractivity contribution is 0.425. The van der Waals surface area contributed by atoms with Gasteiger partial charge in [-0.05, 0) is 23.8 Å². The van der Waals surface area contributed by atoms with E-state index in [2.05, 4.69) is 10.4 Å². The number of rotatable bonds is 6. The van der Waals surface area contributed by atoms with Crippen LogP contribution in [-0.2, 0) is 19.6 Å². The number of alkyl halides is 1. The van der Waals surface area contributed by atoms with Crippen LogP contribution in [0.25, 0.3) is 0 Å². The zero-order valence-electron chi connectivity index (χ0n) is 10.7. The van der Waals surface area contributed by atoms with Crippen LogP contribution < -0.4 is 5.32 Å². The molecule has 1 N–H and O–H groups in total. The molecule has 3 nitrogen and oxygen atoms in total. The number of benzene rings is 1.